The summed E-state index contributed by atoms with van der Waals surface area (Å²) in [7, 11) is 0. The highest BCUT2D eigenvalue weighted by Crippen LogP contribution is 2.72. The van der Waals surface area contributed by atoms with Gasteiger partial charge in [-0.25, -0.2) is 4.57 Å². The van der Waals surface area contributed by atoms with E-state index in [1.165, 1.54) is 6.42 Å². The first-order valence-electron chi connectivity index (χ1n) is 10.9. The molecule has 0 radical (unpaired) electrons. The summed E-state index contributed by atoms with van der Waals surface area (Å²) in [6.07, 6.45) is 7.09. The molecule has 1 heterocycles. The molecule has 6 unspecified atom stereocenters. The van der Waals surface area contributed by atoms with Gasteiger partial charge in [0, 0.05) is 17.2 Å². The molecule has 1 aromatic carbocycles. The minimum Gasteiger partial charge on any atom is -0.494 e. The van der Waals surface area contributed by atoms with E-state index in [-0.39, 0.29) is 11.8 Å². The highest BCUT2D eigenvalue weighted by molar-refractivity contribution is 5.64. The number of allylic oxidation sites excluding steroid dienone is 2. The van der Waals surface area contributed by atoms with Crippen molar-refractivity contribution in [3.63, 3.8) is 0 Å². The van der Waals surface area contributed by atoms with E-state index in [0.717, 1.165) is 17.5 Å². The second-order valence-electron chi connectivity index (χ2n) is 8.86. The molecule has 4 aliphatic rings. The van der Waals surface area contributed by atoms with Crippen molar-refractivity contribution in [1.82, 2.24) is 4.57 Å². The third-order valence-corrected chi connectivity index (χ3v) is 7.74. The summed E-state index contributed by atoms with van der Waals surface area (Å²) in [5.74, 6) is 4.86. The lowest BCUT2D eigenvalue weighted by molar-refractivity contribution is 0.298. The summed E-state index contributed by atoms with van der Waals surface area (Å²) in [6.45, 7) is 4.93. The molecule has 0 amide bonds. The van der Waals surface area contributed by atoms with E-state index in [0.29, 0.717) is 65.9 Å². The summed E-state index contributed by atoms with van der Waals surface area (Å²) in [4.78, 5) is 0. The van der Waals surface area contributed by atoms with Gasteiger partial charge in [0.2, 0.25) is 11.8 Å². The van der Waals surface area contributed by atoms with Crippen LogP contribution in [0.15, 0.2) is 30.4 Å². The Hall–Kier alpha value is -2.56. The van der Waals surface area contributed by atoms with E-state index < -0.39 is 0 Å². The molecule has 2 N–H and O–H groups in total. The smallest absolute Gasteiger partial charge is 0.202 e. The molecule has 4 aliphatic carbocycles. The van der Waals surface area contributed by atoms with Gasteiger partial charge < -0.3 is 19.7 Å². The molecule has 4 bridgehead atoms. The Morgan fingerprint density at radius 3 is 2.10 bits per heavy atom. The van der Waals surface area contributed by atoms with Crippen LogP contribution in [0.1, 0.15) is 49.7 Å². The van der Waals surface area contributed by atoms with Crippen LogP contribution in [0.2, 0.25) is 0 Å². The Labute approximate surface area is 170 Å². The molecule has 6 atom stereocenters. The van der Waals surface area contributed by atoms with Gasteiger partial charge in [-0.3, -0.25) is 0 Å². The molecule has 5 heteroatoms. The van der Waals surface area contributed by atoms with Gasteiger partial charge in [0.15, 0.2) is 0 Å². The van der Waals surface area contributed by atoms with Crippen molar-refractivity contribution in [2.75, 3.05) is 13.2 Å². The quantitative estimate of drug-likeness (QED) is 0.570. The van der Waals surface area contributed by atoms with Crippen molar-refractivity contribution in [2.45, 2.75) is 38.5 Å². The minimum absolute atomic E-state index is 0.171. The number of aromatic nitrogens is 1. The van der Waals surface area contributed by atoms with Crippen molar-refractivity contribution in [1.29, 1.82) is 0 Å². The van der Waals surface area contributed by atoms with E-state index in [1.807, 2.05) is 32.0 Å². The van der Waals surface area contributed by atoms with Crippen LogP contribution in [0.5, 0.6) is 23.3 Å². The third kappa shape index (κ3) is 2.11. The van der Waals surface area contributed by atoms with Crippen molar-refractivity contribution in [3.8, 4) is 28.9 Å². The predicted octanol–water partition coefficient (Wildman–Crippen LogP) is 4.71. The highest BCUT2D eigenvalue weighted by Gasteiger charge is 2.62. The second-order valence-corrected chi connectivity index (χ2v) is 8.86. The van der Waals surface area contributed by atoms with Crippen LogP contribution in [0, 0.1) is 23.7 Å². The number of hydrogen-bond donors (Lipinski definition) is 2. The molecule has 152 valence electrons. The molecular weight excluding hydrogens is 366 g/mol. The van der Waals surface area contributed by atoms with Crippen molar-refractivity contribution >= 4 is 0 Å². The van der Waals surface area contributed by atoms with E-state index in [4.69, 9.17) is 9.47 Å². The number of hydrogen-bond acceptors (Lipinski definition) is 4. The number of rotatable bonds is 5. The van der Waals surface area contributed by atoms with E-state index in [9.17, 15) is 10.2 Å². The van der Waals surface area contributed by atoms with Crippen molar-refractivity contribution in [2.24, 2.45) is 23.7 Å². The Balaban J connectivity index is 1.50. The third-order valence-electron chi connectivity index (χ3n) is 7.74. The fourth-order valence-electron chi connectivity index (χ4n) is 6.99. The van der Waals surface area contributed by atoms with Gasteiger partial charge in [0.1, 0.15) is 11.5 Å². The van der Waals surface area contributed by atoms with Crippen LogP contribution in [0.25, 0.3) is 5.69 Å². The van der Waals surface area contributed by atoms with Gasteiger partial charge in [0.25, 0.3) is 0 Å². The summed E-state index contributed by atoms with van der Waals surface area (Å²) in [5, 5.41) is 22.6. The fraction of sp³-hybridized carbons (Fsp3) is 0.500. The van der Waals surface area contributed by atoms with Crippen LogP contribution in [-0.4, -0.2) is 28.0 Å². The number of fused-ring (bicyclic) bond motifs is 12. The minimum atomic E-state index is 0.171. The first kappa shape index (κ1) is 17.3. The number of aromatic hydroxyl groups is 2. The summed E-state index contributed by atoms with van der Waals surface area (Å²) >= 11 is 0. The first-order chi connectivity index (χ1) is 14.1. The van der Waals surface area contributed by atoms with Crippen LogP contribution >= 0.6 is 0 Å². The highest BCUT2D eigenvalue weighted by atomic mass is 16.5. The van der Waals surface area contributed by atoms with E-state index in [1.54, 1.807) is 4.57 Å². The monoisotopic (exact) mass is 393 g/mol. The topological polar surface area (TPSA) is 63.9 Å². The zero-order valence-electron chi connectivity index (χ0n) is 16.8. The lowest BCUT2D eigenvalue weighted by Gasteiger charge is -2.31. The molecule has 6 rings (SSSR count). The summed E-state index contributed by atoms with van der Waals surface area (Å²) in [5.41, 5.74) is 2.57. The Kier molecular flexibility index (Phi) is 3.57. The Morgan fingerprint density at radius 2 is 1.52 bits per heavy atom. The van der Waals surface area contributed by atoms with Gasteiger partial charge in [-0.2, -0.15) is 0 Å². The number of nitrogens with zero attached hydrogens (tertiary/aromatic N) is 1. The average Bonchev–Trinajstić information content (AvgIpc) is 3.50. The Morgan fingerprint density at radius 1 is 0.897 bits per heavy atom. The van der Waals surface area contributed by atoms with Gasteiger partial charge in [0.05, 0.1) is 18.9 Å². The lowest BCUT2D eigenvalue weighted by Crippen LogP contribution is -2.24. The molecule has 0 saturated heterocycles. The normalized spacial score (nSPS) is 32.6. The van der Waals surface area contributed by atoms with Crippen LogP contribution < -0.4 is 9.47 Å². The molecule has 2 saturated carbocycles. The standard InChI is InChI=1S/C24H27NO4/c1-3-28-14-7-8-18(29-4-2)17(10-14)25-23(26)21-15-11-16(22(21)24(25)27)20-13-6-5-12(9-13)19(15)20/h5-8,10,12-13,15-16,19-20,26-27H,3-4,9,11H2,1-2H3. The zero-order chi connectivity index (χ0) is 19.9. The summed E-state index contributed by atoms with van der Waals surface area (Å²) < 4.78 is 13.1. The fourth-order valence-corrected chi connectivity index (χ4v) is 6.99. The largest absolute Gasteiger partial charge is 0.494 e. The van der Waals surface area contributed by atoms with Gasteiger partial charge in [-0.1, -0.05) is 12.2 Å². The summed E-state index contributed by atoms with van der Waals surface area (Å²) in [6, 6.07) is 5.55. The SMILES string of the molecule is CCOc1ccc(OCC)c(-n2c(O)c3c(c2O)C2CC3C3C4C=CC(C4)C23)c1. The van der Waals surface area contributed by atoms with E-state index in [2.05, 4.69) is 12.2 Å². The molecular formula is C24H27NO4. The first-order valence-corrected chi connectivity index (χ1v) is 10.9. The molecule has 0 aliphatic heterocycles. The molecule has 0 spiro atoms. The zero-order valence-corrected chi connectivity index (χ0v) is 16.8. The Bertz CT molecular complexity index is 975. The lowest BCUT2D eigenvalue weighted by atomic mass is 9.72. The van der Waals surface area contributed by atoms with Gasteiger partial charge in [-0.05, 0) is 74.3 Å². The molecule has 29 heavy (non-hydrogen) atoms. The van der Waals surface area contributed by atoms with Crippen LogP contribution in [0.4, 0.5) is 0 Å². The van der Waals surface area contributed by atoms with Crippen LogP contribution in [0.3, 0.4) is 0 Å². The molecule has 2 fully saturated rings. The molecule has 2 aromatic rings. The second kappa shape index (κ2) is 5.97. The van der Waals surface area contributed by atoms with Gasteiger partial charge in [-0.15, -0.1) is 0 Å². The maximum Gasteiger partial charge on any atom is 0.202 e. The maximum atomic E-state index is 11.3. The average molecular weight is 393 g/mol. The van der Waals surface area contributed by atoms with Crippen LogP contribution in [-0.2, 0) is 0 Å². The van der Waals surface area contributed by atoms with Crippen molar-refractivity contribution < 1.29 is 19.7 Å². The number of benzene rings is 1. The number of ether oxygens (including phenoxy) is 2. The maximum absolute atomic E-state index is 11.3. The molecule has 1 aromatic heterocycles. The van der Waals surface area contributed by atoms with Crippen molar-refractivity contribution in [3.05, 3.63) is 41.5 Å². The van der Waals surface area contributed by atoms with E-state index >= 15 is 0 Å². The van der Waals surface area contributed by atoms with Gasteiger partial charge >= 0.3 is 0 Å². The predicted molar refractivity (Wildman–Crippen MR) is 109 cm³/mol. The molecule has 5 nitrogen and oxygen atoms in total.